The van der Waals surface area contributed by atoms with E-state index in [1.807, 2.05) is 49.4 Å². The second kappa shape index (κ2) is 10.4. The highest BCUT2D eigenvalue weighted by atomic mass is 33.1. The van der Waals surface area contributed by atoms with E-state index in [1.165, 1.54) is 16.4 Å². The monoisotopic (exact) mass is 362 g/mol. The van der Waals surface area contributed by atoms with Gasteiger partial charge in [0.2, 0.25) is 0 Å². The van der Waals surface area contributed by atoms with Gasteiger partial charge in [0.1, 0.15) is 0 Å². The zero-order valence-corrected chi connectivity index (χ0v) is 15.4. The van der Waals surface area contributed by atoms with Crippen LogP contribution >= 0.6 is 10.8 Å². The molecule has 0 spiro atoms. The Morgan fingerprint density at radius 3 is 2.46 bits per heavy atom. The Hall–Kier alpha value is -1.43. The van der Waals surface area contributed by atoms with E-state index < -0.39 is 10.2 Å². The van der Waals surface area contributed by atoms with E-state index in [-0.39, 0.29) is 5.97 Å². The molecule has 0 amide bonds. The minimum Gasteiger partial charge on any atom is -0.600 e. The fourth-order valence-electron chi connectivity index (χ4n) is 2.06. The van der Waals surface area contributed by atoms with Gasteiger partial charge in [-0.05, 0) is 50.5 Å². The maximum Gasteiger partial charge on any atom is 0.338 e. The van der Waals surface area contributed by atoms with Crippen LogP contribution in [-0.2, 0) is 14.9 Å². The molecule has 3 nitrogen and oxygen atoms in total. The molecule has 2 aromatic rings. The highest BCUT2D eigenvalue weighted by molar-refractivity contribution is 8.72. The molecule has 5 heteroatoms. The van der Waals surface area contributed by atoms with Crippen LogP contribution in [0.25, 0.3) is 0 Å². The van der Waals surface area contributed by atoms with Crippen molar-refractivity contribution in [3.63, 3.8) is 0 Å². The van der Waals surface area contributed by atoms with Crippen molar-refractivity contribution in [2.75, 3.05) is 12.4 Å². The highest BCUT2D eigenvalue weighted by Gasteiger charge is 2.12. The third-order valence-electron chi connectivity index (χ3n) is 3.44. The van der Waals surface area contributed by atoms with Gasteiger partial charge in [0, 0.05) is 5.75 Å². The molecule has 0 radical (unpaired) electrons. The number of esters is 1. The number of rotatable bonds is 9. The number of benzene rings is 2. The van der Waals surface area contributed by atoms with Crippen LogP contribution in [0.15, 0.2) is 59.5 Å². The van der Waals surface area contributed by atoms with E-state index in [2.05, 4.69) is 0 Å². The van der Waals surface area contributed by atoms with Crippen molar-refractivity contribution in [3.8, 4) is 0 Å². The lowest BCUT2D eigenvalue weighted by Gasteiger charge is -2.08. The molecule has 2 rings (SSSR count). The van der Waals surface area contributed by atoms with E-state index in [9.17, 15) is 9.35 Å². The summed E-state index contributed by atoms with van der Waals surface area (Å²) in [5.41, 5.74) is 1.76. The van der Waals surface area contributed by atoms with Crippen molar-refractivity contribution >= 4 is 27.0 Å². The first-order valence-corrected chi connectivity index (χ1v) is 10.7. The molecule has 0 N–H and O–H groups in total. The van der Waals surface area contributed by atoms with Gasteiger partial charge in [0.05, 0.1) is 33.2 Å². The Kier molecular flexibility index (Phi) is 8.22. The largest absolute Gasteiger partial charge is 0.600 e. The highest BCUT2D eigenvalue weighted by Crippen LogP contribution is 2.24. The summed E-state index contributed by atoms with van der Waals surface area (Å²) in [7, 11) is 0.461. The van der Waals surface area contributed by atoms with Crippen molar-refractivity contribution < 1.29 is 14.1 Å². The van der Waals surface area contributed by atoms with Crippen molar-refractivity contribution in [1.29, 1.82) is 0 Å². The van der Waals surface area contributed by atoms with Gasteiger partial charge in [-0.15, -0.1) is 0 Å². The Labute approximate surface area is 150 Å². The summed E-state index contributed by atoms with van der Waals surface area (Å²) in [4.78, 5) is 12.6. The molecule has 0 heterocycles. The molecule has 0 saturated heterocycles. The molecule has 0 aliphatic rings. The smallest absolute Gasteiger partial charge is 0.338 e. The normalized spacial score (nSPS) is 11.9. The topological polar surface area (TPSA) is 49.4 Å². The van der Waals surface area contributed by atoms with Gasteiger partial charge in [0.15, 0.2) is 4.90 Å². The molecule has 0 fully saturated rings. The first kappa shape index (κ1) is 18.9. The van der Waals surface area contributed by atoms with Gasteiger partial charge < -0.3 is 9.29 Å². The number of aryl methyl sites for hydroxylation is 1. The molecule has 0 saturated carbocycles. The van der Waals surface area contributed by atoms with Crippen LogP contribution in [-0.4, -0.2) is 22.9 Å². The lowest BCUT2D eigenvalue weighted by atomic mass is 10.2. The Bertz CT molecular complexity index is 614. The van der Waals surface area contributed by atoms with E-state index in [4.69, 9.17) is 4.74 Å². The summed E-state index contributed by atoms with van der Waals surface area (Å²) >= 11 is 0. The molecule has 0 aromatic heterocycles. The summed E-state index contributed by atoms with van der Waals surface area (Å²) in [6, 6.07) is 16.8. The van der Waals surface area contributed by atoms with Gasteiger partial charge in [-0.25, -0.2) is 4.79 Å². The van der Waals surface area contributed by atoms with E-state index in [1.54, 1.807) is 12.1 Å². The van der Waals surface area contributed by atoms with Crippen molar-refractivity contribution in [2.45, 2.75) is 31.1 Å². The van der Waals surface area contributed by atoms with Crippen LogP contribution in [0, 0.1) is 6.92 Å². The standard InChI is InChI=1S/C19H22O3S2/c1-16-10-12-18(13-11-16)24(21)23-15-7-3-6-14-22-19(20)17-8-4-2-5-9-17/h2,4-5,8-13H,3,6-7,14-15H2,1H3. The van der Waals surface area contributed by atoms with Gasteiger partial charge in [-0.2, -0.15) is 0 Å². The number of hydrogen-bond donors (Lipinski definition) is 0. The van der Waals surface area contributed by atoms with E-state index >= 15 is 0 Å². The maximum atomic E-state index is 12.1. The minimum absolute atomic E-state index is 0.273. The summed E-state index contributed by atoms with van der Waals surface area (Å²) in [5.74, 6) is 0.568. The first-order valence-electron chi connectivity index (χ1n) is 8.01. The van der Waals surface area contributed by atoms with Gasteiger partial charge >= 0.3 is 5.97 Å². The third-order valence-corrected chi connectivity index (χ3v) is 6.48. The van der Waals surface area contributed by atoms with Crippen LogP contribution in [0.2, 0.25) is 0 Å². The van der Waals surface area contributed by atoms with Crippen LogP contribution in [0.3, 0.4) is 0 Å². The Balaban J connectivity index is 1.54. The number of ether oxygens (including phenoxy) is 1. The molecule has 2 aromatic carbocycles. The maximum absolute atomic E-state index is 12.1. The fraction of sp³-hybridized carbons (Fsp3) is 0.316. The van der Waals surface area contributed by atoms with E-state index in [0.29, 0.717) is 12.2 Å². The first-order chi connectivity index (χ1) is 11.7. The molecule has 128 valence electrons. The molecule has 0 aliphatic carbocycles. The number of carbonyl (C=O) groups is 1. The van der Waals surface area contributed by atoms with Crippen LogP contribution < -0.4 is 0 Å². The minimum atomic E-state index is -1.000. The zero-order valence-electron chi connectivity index (χ0n) is 13.8. The second-order valence-corrected chi connectivity index (χ2v) is 8.63. The summed E-state index contributed by atoms with van der Waals surface area (Å²) in [6.07, 6.45) is 2.75. The molecule has 24 heavy (non-hydrogen) atoms. The molecule has 1 unspecified atom stereocenters. The average Bonchev–Trinajstić information content (AvgIpc) is 2.62. The van der Waals surface area contributed by atoms with Crippen LogP contribution in [0.4, 0.5) is 0 Å². The molecule has 0 aliphatic heterocycles. The number of carbonyl (C=O) groups excluding carboxylic acids is 1. The molecule has 0 bridgehead atoms. The summed E-state index contributed by atoms with van der Waals surface area (Å²) in [5, 5.41) is 0. The lowest BCUT2D eigenvalue weighted by molar-refractivity contribution is 0.0498. The van der Waals surface area contributed by atoms with Crippen LogP contribution in [0.1, 0.15) is 35.2 Å². The third kappa shape index (κ3) is 6.59. The molecular weight excluding hydrogens is 340 g/mol. The molecule has 1 atom stereocenters. The lowest BCUT2D eigenvalue weighted by Crippen LogP contribution is -2.06. The second-order valence-electron chi connectivity index (χ2n) is 5.43. The van der Waals surface area contributed by atoms with Crippen molar-refractivity contribution in [1.82, 2.24) is 0 Å². The van der Waals surface area contributed by atoms with Crippen LogP contribution in [0.5, 0.6) is 0 Å². The predicted octanol–water partition coefficient (Wildman–Crippen LogP) is 4.78. The quantitative estimate of drug-likeness (QED) is 0.279. The predicted molar refractivity (Wildman–Crippen MR) is 101 cm³/mol. The number of hydrogen-bond acceptors (Lipinski definition) is 4. The Morgan fingerprint density at radius 2 is 1.75 bits per heavy atom. The van der Waals surface area contributed by atoms with Gasteiger partial charge in [0.25, 0.3) is 0 Å². The van der Waals surface area contributed by atoms with Crippen molar-refractivity contribution in [3.05, 3.63) is 65.7 Å². The van der Waals surface area contributed by atoms with Crippen molar-refractivity contribution in [2.24, 2.45) is 0 Å². The molecular formula is C19H22O3S2. The number of unbranched alkanes of at least 4 members (excludes halogenated alkanes) is 2. The van der Waals surface area contributed by atoms with E-state index in [0.717, 1.165) is 29.9 Å². The zero-order chi connectivity index (χ0) is 17.2. The Morgan fingerprint density at radius 1 is 1.04 bits per heavy atom. The summed E-state index contributed by atoms with van der Waals surface area (Å²) in [6.45, 7) is 2.45. The summed E-state index contributed by atoms with van der Waals surface area (Å²) < 4.78 is 17.3. The van der Waals surface area contributed by atoms with Gasteiger partial charge in [-0.1, -0.05) is 35.9 Å². The average molecular weight is 363 g/mol. The fourth-order valence-corrected chi connectivity index (χ4v) is 4.57. The SMILES string of the molecule is Cc1ccc([S+]([O-])SCCCCCOC(=O)c2ccccc2)cc1. The van der Waals surface area contributed by atoms with Gasteiger partial charge in [-0.3, -0.25) is 0 Å².